The van der Waals surface area contributed by atoms with Crippen molar-refractivity contribution < 1.29 is 28.2 Å². The average molecular weight is 400 g/mol. The number of rotatable bonds is 6. The number of benzene rings is 2. The Balaban J connectivity index is 1.81. The number of aromatic hydroxyl groups is 1. The highest BCUT2D eigenvalue weighted by Crippen LogP contribution is 2.28. The van der Waals surface area contributed by atoms with E-state index in [1.54, 1.807) is 6.07 Å². The third-order valence-corrected chi connectivity index (χ3v) is 4.45. The van der Waals surface area contributed by atoms with Crippen molar-refractivity contribution in [2.45, 2.75) is 39.4 Å². The minimum Gasteiger partial charge on any atom is -0.508 e. The molecule has 3 aromatic rings. The van der Waals surface area contributed by atoms with E-state index < -0.39 is 23.0 Å². The lowest BCUT2D eigenvalue weighted by Crippen LogP contribution is -2.39. The van der Waals surface area contributed by atoms with Gasteiger partial charge in [-0.25, -0.2) is 14.0 Å². The predicted molar refractivity (Wildman–Crippen MR) is 104 cm³/mol. The van der Waals surface area contributed by atoms with Crippen LogP contribution in [0.25, 0.3) is 11.0 Å². The number of phenolic OH excluding ortho intramolecular Hbond substituents is 1. The summed E-state index contributed by atoms with van der Waals surface area (Å²) >= 11 is 0. The molecule has 0 radical (unpaired) electrons. The van der Waals surface area contributed by atoms with E-state index in [1.807, 2.05) is 6.92 Å². The van der Waals surface area contributed by atoms with Gasteiger partial charge in [-0.1, -0.05) is 6.92 Å². The van der Waals surface area contributed by atoms with Crippen molar-refractivity contribution in [1.29, 1.82) is 0 Å². The Morgan fingerprint density at radius 3 is 2.48 bits per heavy atom. The summed E-state index contributed by atoms with van der Waals surface area (Å²) in [6, 6.07) is 9.62. The standard InChI is InChI=1S/C22H21FO6/c1-4-13-9-17-14(10-20(25)28-19(17)11-18(13)24)12-27-21(26)22(2,3)29-16-7-5-15(23)6-8-16/h5-11,24H,4,12H2,1-3H3. The van der Waals surface area contributed by atoms with Gasteiger partial charge in [-0.05, 0) is 56.2 Å². The first kappa shape index (κ1) is 20.4. The third kappa shape index (κ3) is 4.56. The van der Waals surface area contributed by atoms with Crippen LogP contribution >= 0.6 is 0 Å². The Kier molecular flexibility index (Phi) is 5.59. The number of aryl methyl sites for hydroxylation is 1. The van der Waals surface area contributed by atoms with E-state index >= 15 is 0 Å². The van der Waals surface area contributed by atoms with Crippen LogP contribution in [0.4, 0.5) is 4.39 Å². The van der Waals surface area contributed by atoms with E-state index in [1.165, 1.54) is 50.2 Å². The highest BCUT2D eigenvalue weighted by Gasteiger charge is 2.32. The number of fused-ring (bicyclic) bond motifs is 1. The maximum absolute atomic E-state index is 13.0. The predicted octanol–water partition coefficient (Wildman–Crippen LogP) is 4.10. The van der Waals surface area contributed by atoms with Gasteiger partial charge in [-0.2, -0.15) is 0 Å². The maximum Gasteiger partial charge on any atom is 0.350 e. The van der Waals surface area contributed by atoms with Gasteiger partial charge in [0.05, 0.1) is 0 Å². The molecule has 7 heteroatoms. The van der Waals surface area contributed by atoms with Gasteiger partial charge in [0.15, 0.2) is 5.60 Å². The third-order valence-electron chi connectivity index (χ3n) is 4.45. The fourth-order valence-corrected chi connectivity index (χ4v) is 2.87. The summed E-state index contributed by atoms with van der Waals surface area (Å²) in [7, 11) is 0. The van der Waals surface area contributed by atoms with Crippen LogP contribution in [0.1, 0.15) is 31.9 Å². The molecule has 3 rings (SSSR count). The smallest absolute Gasteiger partial charge is 0.350 e. The van der Waals surface area contributed by atoms with Gasteiger partial charge in [-0.3, -0.25) is 0 Å². The molecular weight excluding hydrogens is 379 g/mol. The molecule has 1 N–H and O–H groups in total. The largest absolute Gasteiger partial charge is 0.508 e. The average Bonchev–Trinajstić information content (AvgIpc) is 2.66. The monoisotopic (exact) mass is 400 g/mol. The molecule has 2 aromatic carbocycles. The van der Waals surface area contributed by atoms with E-state index in [0.717, 1.165) is 0 Å². The van der Waals surface area contributed by atoms with Gasteiger partial charge in [0.2, 0.25) is 0 Å². The first-order valence-electron chi connectivity index (χ1n) is 9.10. The molecule has 1 aromatic heterocycles. The molecule has 0 saturated carbocycles. The molecule has 0 bridgehead atoms. The summed E-state index contributed by atoms with van der Waals surface area (Å²) in [5, 5.41) is 10.6. The number of hydrogen-bond acceptors (Lipinski definition) is 6. The van der Waals surface area contributed by atoms with Gasteiger partial charge < -0.3 is 19.0 Å². The molecular formula is C22H21FO6. The number of carbonyl (C=O) groups is 1. The Labute approximate surface area is 166 Å². The molecule has 6 nitrogen and oxygen atoms in total. The maximum atomic E-state index is 13.0. The zero-order valence-corrected chi connectivity index (χ0v) is 16.3. The SMILES string of the molecule is CCc1cc2c(COC(=O)C(C)(C)Oc3ccc(F)cc3)cc(=O)oc2cc1O. The van der Waals surface area contributed by atoms with E-state index in [-0.39, 0.29) is 17.9 Å². The molecule has 1 heterocycles. The van der Waals surface area contributed by atoms with Crippen molar-refractivity contribution in [1.82, 2.24) is 0 Å². The van der Waals surface area contributed by atoms with Crippen molar-refractivity contribution in [2.24, 2.45) is 0 Å². The van der Waals surface area contributed by atoms with Crippen LogP contribution in [-0.2, 0) is 22.6 Å². The number of esters is 1. The number of hydrogen-bond donors (Lipinski definition) is 1. The van der Waals surface area contributed by atoms with E-state index in [4.69, 9.17) is 13.9 Å². The molecule has 0 spiro atoms. The van der Waals surface area contributed by atoms with Gasteiger partial charge in [0.1, 0.15) is 29.5 Å². The van der Waals surface area contributed by atoms with Crippen LogP contribution in [0, 0.1) is 5.82 Å². The molecule has 0 saturated heterocycles. The van der Waals surface area contributed by atoms with Gasteiger partial charge in [0, 0.05) is 23.1 Å². The molecule has 0 fully saturated rings. The quantitative estimate of drug-likeness (QED) is 0.495. The molecule has 0 aliphatic rings. The molecule has 0 amide bonds. The lowest BCUT2D eigenvalue weighted by molar-refractivity contribution is -0.160. The van der Waals surface area contributed by atoms with E-state index in [2.05, 4.69) is 0 Å². The number of ether oxygens (including phenoxy) is 2. The van der Waals surface area contributed by atoms with Crippen LogP contribution in [-0.4, -0.2) is 16.7 Å². The first-order valence-corrected chi connectivity index (χ1v) is 9.10. The van der Waals surface area contributed by atoms with Crippen molar-refractivity contribution >= 4 is 16.9 Å². The summed E-state index contributed by atoms with van der Waals surface area (Å²) in [6.07, 6.45) is 0.582. The van der Waals surface area contributed by atoms with Crippen molar-refractivity contribution in [2.75, 3.05) is 0 Å². The van der Waals surface area contributed by atoms with Gasteiger partial charge >= 0.3 is 11.6 Å². The number of phenols is 1. The summed E-state index contributed by atoms with van der Waals surface area (Å²) in [6.45, 7) is 4.77. The van der Waals surface area contributed by atoms with Crippen molar-refractivity contribution in [3.05, 3.63) is 69.8 Å². The molecule has 29 heavy (non-hydrogen) atoms. The second kappa shape index (κ2) is 7.95. The van der Waals surface area contributed by atoms with Crippen LogP contribution in [0.15, 0.2) is 51.7 Å². The summed E-state index contributed by atoms with van der Waals surface area (Å²) in [5.41, 5.74) is -0.607. The fourth-order valence-electron chi connectivity index (χ4n) is 2.87. The van der Waals surface area contributed by atoms with Crippen LogP contribution in [0.3, 0.4) is 0 Å². The molecule has 0 unspecified atom stereocenters. The lowest BCUT2D eigenvalue weighted by Gasteiger charge is -2.24. The molecule has 152 valence electrons. The summed E-state index contributed by atoms with van der Waals surface area (Å²) < 4.78 is 29.2. The van der Waals surface area contributed by atoms with Crippen LogP contribution in [0.5, 0.6) is 11.5 Å². The van der Waals surface area contributed by atoms with Crippen molar-refractivity contribution in [3.8, 4) is 11.5 Å². The minimum atomic E-state index is -1.33. The fraction of sp³-hybridized carbons (Fsp3) is 0.273. The van der Waals surface area contributed by atoms with Crippen molar-refractivity contribution in [3.63, 3.8) is 0 Å². The summed E-state index contributed by atoms with van der Waals surface area (Å²) in [5.74, 6) is -0.712. The van der Waals surface area contributed by atoms with Crippen LogP contribution in [0.2, 0.25) is 0 Å². The Hall–Kier alpha value is -3.35. The number of halogens is 1. The number of carbonyl (C=O) groups excluding carboxylic acids is 1. The minimum absolute atomic E-state index is 0.0334. The zero-order chi connectivity index (χ0) is 21.2. The second-order valence-corrected chi connectivity index (χ2v) is 7.06. The molecule has 0 atom stereocenters. The molecule has 0 aliphatic carbocycles. The second-order valence-electron chi connectivity index (χ2n) is 7.06. The normalized spacial score (nSPS) is 11.4. The van der Waals surface area contributed by atoms with Gasteiger partial charge in [0.25, 0.3) is 0 Å². The molecule has 0 aliphatic heterocycles. The van der Waals surface area contributed by atoms with E-state index in [9.17, 15) is 19.1 Å². The highest BCUT2D eigenvalue weighted by molar-refractivity contribution is 5.83. The first-order chi connectivity index (χ1) is 13.7. The lowest BCUT2D eigenvalue weighted by atomic mass is 10.0. The highest BCUT2D eigenvalue weighted by atomic mass is 19.1. The Morgan fingerprint density at radius 2 is 1.83 bits per heavy atom. The topological polar surface area (TPSA) is 86.0 Å². The van der Waals surface area contributed by atoms with Crippen LogP contribution < -0.4 is 10.4 Å². The Morgan fingerprint density at radius 1 is 1.14 bits per heavy atom. The van der Waals surface area contributed by atoms with Gasteiger partial charge in [-0.15, -0.1) is 0 Å². The Bertz CT molecular complexity index is 1100. The summed E-state index contributed by atoms with van der Waals surface area (Å²) in [4.78, 5) is 24.4. The zero-order valence-electron chi connectivity index (χ0n) is 16.3. The van der Waals surface area contributed by atoms with E-state index in [0.29, 0.717) is 28.7 Å².